The number of amides is 2. The second kappa shape index (κ2) is 8.96. The van der Waals surface area contributed by atoms with Crippen LogP contribution in [-0.4, -0.2) is 47.1 Å². The SMILES string of the molecule is O=C(NCC1(NC(=O)c2nccc3ccccc23)CCOCC1)c1nccc2ccccc12. The third kappa shape index (κ3) is 4.27. The first kappa shape index (κ1) is 21.0. The van der Waals surface area contributed by atoms with Crippen molar-refractivity contribution in [1.29, 1.82) is 0 Å². The van der Waals surface area contributed by atoms with Crippen LogP contribution in [0.25, 0.3) is 21.5 Å². The number of fused-ring (bicyclic) bond motifs is 2. The summed E-state index contributed by atoms with van der Waals surface area (Å²) in [5, 5.41) is 9.67. The zero-order valence-electron chi connectivity index (χ0n) is 18.1. The highest BCUT2D eigenvalue weighted by Crippen LogP contribution is 2.23. The summed E-state index contributed by atoms with van der Waals surface area (Å²) in [6.07, 6.45) is 4.46. The number of carbonyl (C=O) groups excluding carboxylic acids is 2. The number of pyridine rings is 2. The molecular weight excluding hydrogens is 416 g/mol. The van der Waals surface area contributed by atoms with E-state index in [1.54, 1.807) is 12.4 Å². The highest BCUT2D eigenvalue weighted by Gasteiger charge is 2.35. The standard InChI is InChI=1S/C26H24N4O3/c31-24(22-20-7-3-1-5-18(20)9-13-27-22)29-17-26(11-15-33-16-12-26)30-25(32)23-21-8-4-2-6-19(21)10-14-28-23/h1-10,13-14H,11-12,15-17H2,(H,29,31)(H,30,32). The van der Waals surface area contributed by atoms with E-state index >= 15 is 0 Å². The topological polar surface area (TPSA) is 93.2 Å². The Hall–Kier alpha value is -3.84. The van der Waals surface area contributed by atoms with Crippen molar-refractivity contribution in [2.45, 2.75) is 18.4 Å². The Morgan fingerprint density at radius 3 is 1.94 bits per heavy atom. The molecule has 1 saturated heterocycles. The Morgan fingerprint density at radius 2 is 1.33 bits per heavy atom. The smallest absolute Gasteiger partial charge is 0.271 e. The van der Waals surface area contributed by atoms with E-state index in [4.69, 9.17) is 4.74 Å². The van der Waals surface area contributed by atoms with Gasteiger partial charge in [-0.05, 0) is 35.7 Å². The Bertz CT molecular complexity index is 1320. The molecule has 166 valence electrons. The predicted octanol–water partition coefficient (Wildman–Crippen LogP) is 3.49. The van der Waals surface area contributed by atoms with Gasteiger partial charge < -0.3 is 15.4 Å². The van der Waals surface area contributed by atoms with Crippen LogP contribution in [0.3, 0.4) is 0 Å². The number of rotatable bonds is 5. The van der Waals surface area contributed by atoms with Crippen LogP contribution in [-0.2, 0) is 4.74 Å². The molecule has 0 unspecified atom stereocenters. The van der Waals surface area contributed by atoms with Gasteiger partial charge in [-0.3, -0.25) is 19.6 Å². The van der Waals surface area contributed by atoms with Crippen molar-refractivity contribution < 1.29 is 14.3 Å². The molecule has 33 heavy (non-hydrogen) atoms. The Labute approximate surface area is 191 Å². The lowest BCUT2D eigenvalue weighted by Crippen LogP contribution is -2.58. The van der Waals surface area contributed by atoms with Crippen LogP contribution in [0.2, 0.25) is 0 Å². The van der Waals surface area contributed by atoms with E-state index < -0.39 is 5.54 Å². The molecular formula is C26H24N4O3. The number of hydrogen-bond acceptors (Lipinski definition) is 5. The predicted molar refractivity (Wildman–Crippen MR) is 126 cm³/mol. The Morgan fingerprint density at radius 1 is 0.788 bits per heavy atom. The van der Waals surface area contributed by atoms with Gasteiger partial charge in [-0.2, -0.15) is 0 Å². The van der Waals surface area contributed by atoms with Gasteiger partial charge >= 0.3 is 0 Å². The van der Waals surface area contributed by atoms with E-state index in [1.165, 1.54) is 0 Å². The monoisotopic (exact) mass is 440 g/mol. The quantitative estimate of drug-likeness (QED) is 0.496. The number of hydrogen-bond donors (Lipinski definition) is 2. The van der Waals surface area contributed by atoms with Crippen LogP contribution < -0.4 is 10.6 Å². The number of ether oxygens (including phenoxy) is 1. The van der Waals surface area contributed by atoms with Gasteiger partial charge in [0, 0.05) is 42.9 Å². The van der Waals surface area contributed by atoms with Gasteiger partial charge in [0.1, 0.15) is 11.4 Å². The molecule has 1 aliphatic rings. The molecule has 2 aromatic heterocycles. The maximum atomic E-state index is 13.3. The van der Waals surface area contributed by atoms with Crippen LogP contribution in [0.1, 0.15) is 33.8 Å². The summed E-state index contributed by atoms with van der Waals surface area (Å²) in [5.74, 6) is -0.526. The third-order valence-corrected chi connectivity index (χ3v) is 6.19. The lowest BCUT2D eigenvalue weighted by atomic mass is 9.89. The van der Waals surface area contributed by atoms with Gasteiger partial charge in [-0.15, -0.1) is 0 Å². The largest absolute Gasteiger partial charge is 0.381 e. The van der Waals surface area contributed by atoms with Gasteiger partial charge in [0.25, 0.3) is 11.8 Å². The molecule has 0 radical (unpaired) electrons. The minimum absolute atomic E-state index is 0.258. The minimum atomic E-state index is -0.631. The first-order valence-corrected chi connectivity index (χ1v) is 11.0. The van der Waals surface area contributed by atoms with Crippen LogP contribution >= 0.6 is 0 Å². The van der Waals surface area contributed by atoms with E-state index in [-0.39, 0.29) is 18.4 Å². The van der Waals surface area contributed by atoms with Crippen LogP contribution in [0.15, 0.2) is 73.1 Å². The van der Waals surface area contributed by atoms with Crippen molar-refractivity contribution in [3.63, 3.8) is 0 Å². The fraction of sp³-hybridized carbons (Fsp3) is 0.231. The maximum Gasteiger partial charge on any atom is 0.271 e. The van der Waals surface area contributed by atoms with Gasteiger partial charge in [0.05, 0.1) is 5.54 Å². The summed E-state index contributed by atoms with van der Waals surface area (Å²) in [4.78, 5) is 35.0. The maximum absolute atomic E-state index is 13.3. The summed E-state index contributed by atoms with van der Waals surface area (Å²) in [6.45, 7) is 1.29. The molecule has 2 N–H and O–H groups in total. The van der Waals surface area contributed by atoms with Crippen LogP contribution in [0.4, 0.5) is 0 Å². The van der Waals surface area contributed by atoms with Gasteiger partial charge in [-0.1, -0.05) is 48.5 Å². The van der Waals surface area contributed by atoms with Gasteiger partial charge in [0.2, 0.25) is 0 Å². The van der Waals surface area contributed by atoms with Gasteiger partial charge in [0.15, 0.2) is 0 Å². The average Bonchev–Trinajstić information content (AvgIpc) is 2.87. The molecule has 3 heterocycles. The molecule has 0 bridgehead atoms. The number of aromatic nitrogens is 2. The molecule has 7 heteroatoms. The normalized spacial score (nSPS) is 15.3. The fourth-order valence-corrected chi connectivity index (χ4v) is 4.34. The first-order valence-electron chi connectivity index (χ1n) is 11.0. The molecule has 2 aromatic carbocycles. The van der Waals surface area contributed by atoms with Gasteiger partial charge in [-0.25, -0.2) is 0 Å². The lowest BCUT2D eigenvalue weighted by Gasteiger charge is -2.38. The average molecular weight is 441 g/mol. The number of nitrogens with one attached hydrogen (secondary N) is 2. The highest BCUT2D eigenvalue weighted by molar-refractivity contribution is 6.06. The van der Waals surface area contributed by atoms with E-state index in [0.29, 0.717) is 37.4 Å². The fourth-order valence-electron chi connectivity index (χ4n) is 4.34. The molecule has 1 aliphatic heterocycles. The Balaban J connectivity index is 1.38. The molecule has 0 atom stereocenters. The zero-order valence-corrected chi connectivity index (χ0v) is 18.1. The number of benzene rings is 2. The molecule has 2 amide bonds. The molecule has 0 saturated carbocycles. The summed E-state index contributed by atoms with van der Waals surface area (Å²) < 4.78 is 5.54. The zero-order chi connectivity index (χ0) is 22.7. The van der Waals surface area contributed by atoms with Crippen molar-refractivity contribution in [3.05, 3.63) is 84.4 Å². The molecule has 0 aliphatic carbocycles. The number of nitrogens with zero attached hydrogens (tertiary/aromatic N) is 2. The highest BCUT2D eigenvalue weighted by atomic mass is 16.5. The summed E-state index contributed by atoms with van der Waals surface area (Å²) in [7, 11) is 0. The molecule has 4 aromatic rings. The second-order valence-electron chi connectivity index (χ2n) is 8.29. The summed E-state index contributed by atoms with van der Waals surface area (Å²) in [5.41, 5.74) is 0.118. The Kier molecular flexibility index (Phi) is 5.71. The van der Waals surface area contributed by atoms with E-state index in [9.17, 15) is 9.59 Å². The third-order valence-electron chi connectivity index (χ3n) is 6.19. The molecule has 5 rings (SSSR count). The molecule has 0 spiro atoms. The number of carbonyl (C=O) groups is 2. The summed E-state index contributed by atoms with van der Waals surface area (Å²) in [6, 6.07) is 19.1. The van der Waals surface area contributed by atoms with Crippen molar-refractivity contribution in [2.75, 3.05) is 19.8 Å². The first-order chi connectivity index (χ1) is 16.2. The van der Waals surface area contributed by atoms with Crippen molar-refractivity contribution in [2.24, 2.45) is 0 Å². The van der Waals surface area contributed by atoms with Crippen molar-refractivity contribution >= 4 is 33.4 Å². The van der Waals surface area contributed by atoms with E-state index in [0.717, 1.165) is 21.5 Å². The van der Waals surface area contributed by atoms with Crippen molar-refractivity contribution in [1.82, 2.24) is 20.6 Å². The second-order valence-corrected chi connectivity index (χ2v) is 8.29. The molecule has 1 fully saturated rings. The minimum Gasteiger partial charge on any atom is -0.381 e. The van der Waals surface area contributed by atoms with E-state index in [1.807, 2.05) is 60.7 Å². The summed E-state index contributed by atoms with van der Waals surface area (Å²) >= 11 is 0. The van der Waals surface area contributed by atoms with Crippen LogP contribution in [0.5, 0.6) is 0 Å². The lowest BCUT2D eigenvalue weighted by molar-refractivity contribution is 0.0351. The molecule has 7 nitrogen and oxygen atoms in total. The van der Waals surface area contributed by atoms with Crippen molar-refractivity contribution in [3.8, 4) is 0 Å². The van der Waals surface area contributed by atoms with E-state index in [2.05, 4.69) is 20.6 Å². The van der Waals surface area contributed by atoms with Crippen LogP contribution in [0, 0.1) is 0 Å².